The standard InChI is InChI=1S/C26H29FN2O2/c1-2-19-5-3-7-22(13-19)16-28-17-25(30)18-29-26(31)23-8-4-6-21(15-23)14-20-9-11-24(27)12-10-20/h3-13,15,25,28,30H,2,14,16-18H2,1H3,(H,29,31)/t25-/m1/s1. The molecule has 0 aliphatic carbocycles. The molecule has 0 aliphatic heterocycles. The topological polar surface area (TPSA) is 61.4 Å². The quantitative estimate of drug-likeness (QED) is 0.467. The third-order valence-electron chi connectivity index (χ3n) is 5.12. The molecule has 0 unspecified atom stereocenters. The van der Waals surface area contributed by atoms with Gasteiger partial charge in [0.05, 0.1) is 6.10 Å². The van der Waals surface area contributed by atoms with Crippen molar-refractivity contribution < 1.29 is 14.3 Å². The van der Waals surface area contributed by atoms with Crippen LogP contribution in [0.3, 0.4) is 0 Å². The minimum atomic E-state index is -0.680. The van der Waals surface area contributed by atoms with Crippen LogP contribution in [0.15, 0.2) is 72.8 Å². The molecule has 0 aromatic heterocycles. The first-order valence-corrected chi connectivity index (χ1v) is 10.6. The molecule has 0 radical (unpaired) electrons. The van der Waals surface area contributed by atoms with Crippen LogP contribution in [0, 0.1) is 5.82 Å². The van der Waals surface area contributed by atoms with Crippen molar-refractivity contribution in [1.82, 2.24) is 10.6 Å². The summed E-state index contributed by atoms with van der Waals surface area (Å²) < 4.78 is 13.1. The SMILES string of the molecule is CCc1cccc(CNC[C@@H](O)CNC(=O)c2cccc(Cc3ccc(F)cc3)c2)c1. The van der Waals surface area contributed by atoms with Gasteiger partial charge >= 0.3 is 0 Å². The van der Waals surface area contributed by atoms with Gasteiger partial charge in [-0.2, -0.15) is 0 Å². The average molecular weight is 421 g/mol. The summed E-state index contributed by atoms with van der Waals surface area (Å²) in [6, 6.07) is 22.0. The van der Waals surface area contributed by atoms with E-state index in [1.807, 2.05) is 24.3 Å². The number of aryl methyl sites for hydroxylation is 1. The largest absolute Gasteiger partial charge is 0.390 e. The van der Waals surface area contributed by atoms with E-state index in [-0.39, 0.29) is 18.3 Å². The molecule has 0 saturated heterocycles. The number of halogens is 1. The van der Waals surface area contributed by atoms with Gasteiger partial charge in [-0.25, -0.2) is 4.39 Å². The highest BCUT2D eigenvalue weighted by atomic mass is 19.1. The van der Waals surface area contributed by atoms with Gasteiger partial charge in [-0.3, -0.25) is 4.79 Å². The summed E-state index contributed by atoms with van der Waals surface area (Å²) in [6.07, 6.45) is 0.932. The van der Waals surface area contributed by atoms with E-state index in [1.54, 1.807) is 18.2 Å². The number of amides is 1. The molecule has 3 N–H and O–H groups in total. The molecular formula is C26H29FN2O2. The van der Waals surface area contributed by atoms with Crippen molar-refractivity contribution in [2.24, 2.45) is 0 Å². The first-order valence-electron chi connectivity index (χ1n) is 10.6. The summed E-state index contributed by atoms with van der Waals surface area (Å²) in [5.41, 5.74) is 4.94. The normalized spacial score (nSPS) is 11.8. The molecule has 3 aromatic carbocycles. The highest BCUT2D eigenvalue weighted by Gasteiger charge is 2.10. The molecule has 0 saturated carbocycles. The van der Waals surface area contributed by atoms with Crippen molar-refractivity contribution >= 4 is 5.91 Å². The fourth-order valence-corrected chi connectivity index (χ4v) is 3.39. The third kappa shape index (κ3) is 7.31. The third-order valence-corrected chi connectivity index (χ3v) is 5.12. The smallest absolute Gasteiger partial charge is 0.251 e. The maximum Gasteiger partial charge on any atom is 0.251 e. The fraction of sp³-hybridized carbons (Fsp3) is 0.269. The number of rotatable bonds is 10. The fourth-order valence-electron chi connectivity index (χ4n) is 3.39. The monoisotopic (exact) mass is 420 g/mol. The lowest BCUT2D eigenvalue weighted by Gasteiger charge is -2.14. The Hall–Kier alpha value is -3.02. The van der Waals surface area contributed by atoms with Crippen LogP contribution in [0.4, 0.5) is 4.39 Å². The number of benzene rings is 3. The highest BCUT2D eigenvalue weighted by Crippen LogP contribution is 2.12. The van der Waals surface area contributed by atoms with Crippen LogP contribution in [-0.4, -0.2) is 30.2 Å². The molecule has 31 heavy (non-hydrogen) atoms. The first kappa shape index (κ1) is 22.7. The number of carbonyl (C=O) groups excluding carboxylic acids is 1. The zero-order valence-electron chi connectivity index (χ0n) is 17.8. The van der Waals surface area contributed by atoms with Gasteiger partial charge in [0, 0.05) is 25.2 Å². The second-order valence-electron chi connectivity index (χ2n) is 7.67. The van der Waals surface area contributed by atoms with Crippen molar-refractivity contribution in [3.63, 3.8) is 0 Å². The lowest BCUT2D eigenvalue weighted by atomic mass is 10.0. The second-order valence-corrected chi connectivity index (χ2v) is 7.67. The molecule has 0 aliphatic rings. The van der Waals surface area contributed by atoms with Gasteiger partial charge in [0.2, 0.25) is 0 Å². The Morgan fingerprint density at radius 1 is 0.903 bits per heavy atom. The van der Waals surface area contributed by atoms with Gasteiger partial charge in [0.25, 0.3) is 5.91 Å². The molecule has 3 rings (SSSR count). The van der Waals surface area contributed by atoms with Crippen molar-refractivity contribution in [2.45, 2.75) is 32.4 Å². The Morgan fingerprint density at radius 3 is 2.39 bits per heavy atom. The summed E-state index contributed by atoms with van der Waals surface area (Å²) in [5.74, 6) is -0.491. The number of aliphatic hydroxyl groups excluding tert-OH is 1. The van der Waals surface area contributed by atoms with E-state index in [0.717, 1.165) is 17.5 Å². The Balaban J connectivity index is 1.44. The molecule has 4 nitrogen and oxygen atoms in total. The summed E-state index contributed by atoms with van der Waals surface area (Å²) in [5, 5.41) is 16.2. The van der Waals surface area contributed by atoms with Crippen LogP contribution in [0.2, 0.25) is 0 Å². The van der Waals surface area contributed by atoms with E-state index in [1.165, 1.54) is 23.3 Å². The molecule has 5 heteroatoms. The number of hydrogen-bond donors (Lipinski definition) is 3. The summed E-state index contributed by atoms with van der Waals surface area (Å²) >= 11 is 0. The Kier molecular flexibility index (Phi) is 8.33. The second kappa shape index (κ2) is 11.4. The van der Waals surface area contributed by atoms with Crippen LogP contribution >= 0.6 is 0 Å². The van der Waals surface area contributed by atoms with E-state index in [2.05, 4.69) is 35.8 Å². The van der Waals surface area contributed by atoms with Crippen molar-refractivity contribution in [2.75, 3.05) is 13.1 Å². The Morgan fingerprint density at radius 2 is 1.61 bits per heavy atom. The average Bonchev–Trinajstić information content (AvgIpc) is 2.79. The van der Waals surface area contributed by atoms with Gasteiger partial charge in [-0.05, 0) is 59.4 Å². The molecule has 162 valence electrons. The number of carbonyl (C=O) groups is 1. The van der Waals surface area contributed by atoms with Gasteiger partial charge in [0.15, 0.2) is 0 Å². The summed E-state index contributed by atoms with van der Waals surface area (Å²) in [4.78, 5) is 12.5. The van der Waals surface area contributed by atoms with Crippen molar-refractivity contribution in [3.05, 3.63) is 106 Å². The maximum atomic E-state index is 13.1. The summed E-state index contributed by atoms with van der Waals surface area (Å²) in [6.45, 7) is 3.35. The van der Waals surface area contributed by atoms with Crippen LogP contribution in [0.25, 0.3) is 0 Å². The molecule has 0 heterocycles. The first-order chi connectivity index (χ1) is 15.0. The van der Waals surface area contributed by atoms with Gasteiger partial charge in [0.1, 0.15) is 5.82 Å². The number of nitrogens with one attached hydrogen (secondary N) is 2. The Labute approximate surface area is 183 Å². The van der Waals surface area contributed by atoms with Crippen LogP contribution in [0.1, 0.15) is 39.5 Å². The minimum absolute atomic E-state index is 0.170. The van der Waals surface area contributed by atoms with E-state index < -0.39 is 6.10 Å². The van der Waals surface area contributed by atoms with Gasteiger partial charge in [-0.1, -0.05) is 55.5 Å². The lowest BCUT2D eigenvalue weighted by molar-refractivity contribution is 0.0915. The van der Waals surface area contributed by atoms with E-state index in [9.17, 15) is 14.3 Å². The molecule has 0 bridgehead atoms. The van der Waals surface area contributed by atoms with E-state index in [0.29, 0.717) is 25.1 Å². The molecule has 1 amide bonds. The van der Waals surface area contributed by atoms with Crippen LogP contribution < -0.4 is 10.6 Å². The molecule has 3 aromatic rings. The number of hydrogen-bond acceptors (Lipinski definition) is 3. The highest BCUT2D eigenvalue weighted by molar-refractivity contribution is 5.94. The number of aliphatic hydroxyl groups is 1. The molecule has 0 spiro atoms. The molecule has 0 fully saturated rings. The zero-order valence-corrected chi connectivity index (χ0v) is 17.8. The van der Waals surface area contributed by atoms with E-state index in [4.69, 9.17) is 0 Å². The molecular weight excluding hydrogens is 391 g/mol. The zero-order chi connectivity index (χ0) is 22.1. The van der Waals surface area contributed by atoms with Crippen LogP contribution in [0.5, 0.6) is 0 Å². The van der Waals surface area contributed by atoms with Crippen molar-refractivity contribution in [3.8, 4) is 0 Å². The summed E-state index contributed by atoms with van der Waals surface area (Å²) in [7, 11) is 0. The lowest BCUT2D eigenvalue weighted by Crippen LogP contribution is -2.38. The molecule has 1 atom stereocenters. The van der Waals surface area contributed by atoms with Crippen molar-refractivity contribution in [1.29, 1.82) is 0 Å². The van der Waals surface area contributed by atoms with Gasteiger partial charge in [-0.15, -0.1) is 0 Å². The maximum absolute atomic E-state index is 13.1. The van der Waals surface area contributed by atoms with Gasteiger partial charge < -0.3 is 15.7 Å². The van der Waals surface area contributed by atoms with E-state index >= 15 is 0 Å². The minimum Gasteiger partial charge on any atom is -0.390 e. The van der Waals surface area contributed by atoms with Crippen LogP contribution in [-0.2, 0) is 19.4 Å². The Bertz CT molecular complexity index is 989. The predicted molar refractivity (Wildman–Crippen MR) is 122 cm³/mol. The predicted octanol–water partition coefficient (Wildman–Crippen LogP) is 3.86.